The van der Waals surface area contributed by atoms with Gasteiger partial charge >= 0.3 is 0 Å². The average molecular weight is 216 g/mol. The van der Waals surface area contributed by atoms with Crippen LogP contribution in [0.4, 0.5) is 0 Å². The molecule has 1 fully saturated rings. The third kappa shape index (κ3) is 3.79. The second-order valence-electron chi connectivity index (χ2n) is 4.62. The summed E-state index contributed by atoms with van der Waals surface area (Å²) in [5, 5.41) is 4.30. The summed E-state index contributed by atoms with van der Waals surface area (Å²) in [7, 11) is 0. The van der Waals surface area contributed by atoms with Crippen molar-refractivity contribution < 1.29 is 0 Å². The Morgan fingerprint density at radius 3 is 2.21 bits per heavy atom. The molecular formula is C11H24N2S. The quantitative estimate of drug-likeness (QED) is 0.708. The third-order valence-electron chi connectivity index (χ3n) is 3.09. The molecule has 1 aliphatic carbocycles. The molecule has 0 heterocycles. The lowest BCUT2D eigenvalue weighted by atomic mass is 9.86. The van der Waals surface area contributed by atoms with Crippen LogP contribution in [0.1, 0.15) is 39.5 Å². The van der Waals surface area contributed by atoms with Crippen LogP contribution in [0.5, 0.6) is 0 Å². The van der Waals surface area contributed by atoms with Gasteiger partial charge in [0.2, 0.25) is 0 Å². The van der Waals surface area contributed by atoms with Crippen LogP contribution in [0.15, 0.2) is 0 Å². The standard InChI is InChI=1S/C11H24N2S/c1-8(2)13-11(12)9-4-6-10(14-3)7-5-9/h8-11,13H,4-7,12H2,1-3H3. The fourth-order valence-electron chi connectivity index (χ4n) is 2.20. The Bertz CT molecular complexity index is 153. The van der Waals surface area contributed by atoms with Gasteiger partial charge in [0, 0.05) is 11.3 Å². The molecule has 3 heteroatoms. The predicted molar refractivity (Wildman–Crippen MR) is 65.5 cm³/mol. The van der Waals surface area contributed by atoms with Gasteiger partial charge in [-0.25, -0.2) is 0 Å². The van der Waals surface area contributed by atoms with Gasteiger partial charge in [-0.1, -0.05) is 0 Å². The second-order valence-corrected chi connectivity index (χ2v) is 5.76. The first-order chi connectivity index (χ1) is 6.63. The minimum absolute atomic E-state index is 0.206. The van der Waals surface area contributed by atoms with Crippen LogP contribution < -0.4 is 11.1 Å². The summed E-state index contributed by atoms with van der Waals surface area (Å²) in [6.07, 6.45) is 7.71. The molecule has 0 aliphatic heterocycles. The number of nitrogens with two attached hydrogens (primary N) is 1. The van der Waals surface area contributed by atoms with E-state index in [0.717, 1.165) is 5.25 Å². The summed E-state index contributed by atoms with van der Waals surface area (Å²) in [4.78, 5) is 0. The molecular weight excluding hydrogens is 192 g/mol. The summed E-state index contributed by atoms with van der Waals surface area (Å²) in [5.74, 6) is 0.695. The molecule has 1 atom stereocenters. The van der Waals surface area contributed by atoms with E-state index in [1.54, 1.807) is 0 Å². The van der Waals surface area contributed by atoms with E-state index in [1.165, 1.54) is 25.7 Å². The smallest absolute Gasteiger partial charge is 0.0577 e. The van der Waals surface area contributed by atoms with E-state index in [0.29, 0.717) is 12.0 Å². The van der Waals surface area contributed by atoms with Crippen LogP contribution in [-0.4, -0.2) is 23.7 Å². The van der Waals surface area contributed by atoms with Crippen molar-refractivity contribution in [1.82, 2.24) is 5.32 Å². The summed E-state index contributed by atoms with van der Waals surface area (Å²) >= 11 is 2.01. The lowest BCUT2D eigenvalue weighted by molar-refractivity contribution is 0.265. The number of hydrogen-bond acceptors (Lipinski definition) is 3. The highest BCUT2D eigenvalue weighted by Gasteiger charge is 2.25. The van der Waals surface area contributed by atoms with Crippen LogP contribution in [0.2, 0.25) is 0 Å². The molecule has 0 aromatic carbocycles. The fraction of sp³-hybridized carbons (Fsp3) is 1.00. The Morgan fingerprint density at radius 2 is 1.79 bits per heavy atom. The minimum Gasteiger partial charge on any atom is -0.316 e. The summed E-state index contributed by atoms with van der Waals surface area (Å²) in [6, 6.07) is 0.503. The van der Waals surface area contributed by atoms with E-state index in [2.05, 4.69) is 25.4 Å². The van der Waals surface area contributed by atoms with Crippen molar-refractivity contribution in [3.63, 3.8) is 0 Å². The molecule has 0 radical (unpaired) electrons. The van der Waals surface area contributed by atoms with Crippen molar-refractivity contribution in [3.05, 3.63) is 0 Å². The predicted octanol–water partition coefficient (Wildman–Crippen LogP) is 2.19. The van der Waals surface area contributed by atoms with Gasteiger partial charge < -0.3 is 5.73 Å². The molecule has 1 saturated carbocycles. The van der Waals surface area contributed by atoms with E-state index in [4.69, 9.17) is 5.73 Å². The Labute approximate surface area is 92.4 Å². The molecule has 3 N–H and O–H groups in total. The highest BCUT2D eigenvalue weighted by atomic mass is 32.2. The Hall–Kier alpha value is 0.270. The van der Waals surface area contributed by atoms with Gasteiger partial charge in [-0.05, 0) is 51.7 Å². The molecule has 0 amide bonds. The van der Waals surface area contributed by atoms with Gasteiger partial charge in [-0.15, -0.1) is 0 Å². The van der Waals surface area contributed by atoms with E-state index in [9.17, 15) is 0 Å². The lowest BCUT2D eigenvalue weighted by Crippen LogP contribution is -2.48. The maximum atomic E-state index is 6.12. The Balaban J connectivity index is 2.26. The van der Waals surface area contributed by atoms with Crippen molar-refractivity contribution in [2.75, 3.05) is 6.26 Å². The molecule has 0 aromatic heterocycles. The van der Waals surface area contributed by atoms with E-state index >= 15 is 0 Å². The van der Waals surface area contributed by atoms with Gasteiger partial charge in [-0.3, -0.25) is 5.32 Å². The lowest BCUT2D eigenvalue weighted by Gasteiger charge is -2.32. The zero-order chi connectivity index (χ0) is 10.6. The van der Waals surface area contributed by atoms with Crippen molar-refractivity contribution in [3.8, 4) is 0 Å². The number of hydrogen-bond donors (Lipinski definition) is 2. The SMILES string of the molecule is CSC1CCC(C(N)NC(C)C)CC1. The van der Waals surface area contributed by atoms with Gasteiger partial charge in [0.15, 0.2) is 0 Å². The normalized spacial score (nSPS) is 30.6. The van der Waals surface area contributed by atoms with Crippen LogP contribution in [0.25, 0.3) is 0 Å². The molecule has 0 aromatic rings. The van der Waals surface area contributed by atoms with E-state index in [1.807, 2.05) is 11.8 Å². The first kappa shape index (κ1) is 12.3. The van der Waals surface area contributed by atoms with Crippen molar-refractivity contribution >= 4 is 11.8 Å². The van der Waals surface area contributed by atoms with Gasteiger partial charge in [0.25, 0.3) is 0 Å². The number of thioether (sulfide) groups is 1. The van der Waals surface area contributed by atoms with Gasteiger partial charge in [0.1, 0.15) is 0 Å². The van der Waals surface area contributed by atoms with Crippen LogP contribution in [-0.2, 0) is 0 Å². The Morgan fingerprint density at radius 1 is 1.21 bits per heavy atom. The first-order valence-corrected chi connectivity index (χ1v) is 6.96. The Kier molecular flexibility index (Phi) is 5.28. The van der Waals surface area contributed by atoms with Gasteiger partial charge in [0.05, 0.1) is 6.17 Å². The molecule has 1 aliphatic rings. The highest BCUT2D eigenvalue weighted by Crippen LogP contribution is 2.31. The third-order valence-corrected chi connectivity index (χ3v) is 4.22. The first-order valence-electron chi connectivity index (χ1n) is 5.68. The highest BCUT2D eigenvalue weighted by molar-refractivity contribution is 7.99. The summed E-state index contributed by atoms with van der Waals surface area (Å²) in [5.41, 5.74) is 6.12. The maximum Gasteiger partial charge on any atom is 0.0577 e. The average Bonchev–Trinajstić information content (AvgIpc) is 2.17. The van der Waals surface area contributed by atoms with E-state index in [-0.39, 0.29) is 6.17 Å². The van der Waals surface area contributed by atoms with Gasteiger partial charge in [-0.2, -0.15) is 11.8 Å². The zero-order valence-electron chi connectivity index (χ0n) is 9.62. The summed E-state index contributed by atoms with van der Waals surface area (Å²) < 4.78 is 0. The number of rotatable bonds is 4. The van der Waals surface area contributed by atoms with Crippen molar-refractivity contribution in [2.24, 2.45) is 11.7 Å². The zero-order valence-corrected chi connectivity index (χ0v) is 10.4. The molecule has 1 unspecified atom stereocenters. The summed E-state index contributed by atoms with van der Waals surface area (Å²) in [6.45, 7) is 4.32. The molecule has 0 saturated heterocycles. The van der Waals surface area contributed by atoms with E-state index < -0.39 is 0 Å². The van der Waals surface area contributed by atoms with Crippen LogP contribution >= 0.6 is 11.8 Å². The monoisotopic (exact) mass is 216 g/mol. The molecule has 0 bridgehead atoms. The van der Waals surface area contributed by atoms with Crippen LogP contribution in [0.3, 0.4) is 0 Å². The van der Waals surface area contributed by atoms with Crippen LogP contribution in [0, 0.1) is 5.92 Å². The fourth-order valence-corrected chi connectivity index (χ4v) is 2.95. The molecule has 14 heavy (non-hydrogen) atoms. The maximum absolute atomic E-state index is 6.12. The second kappa shape index (κ2) is 5.99. The van der Waals surface area contributed by atoms with Crippen molar-refractivity contribution in [1.29, 1.82) is 0 Å². The number of nitrogens with one attached hydrogen (secondary N) is 1. The molecule has 1 rings (SSSR count). The molecule has 84 valence electrons. The topological polar surface area (TPSA) is 38.0 Å². The molecule has 0 spiro atoms. The van der Waals surface area contributed by atoms with Crippen molar-refractivity contribution in [2.45, 2.75) is 57.0 Å². The minimum atomic E-state index is 0.206. The molecule has 2 nitrogen and oxygen atoms in total. The largest absolute Gasteiger partial charge is 0.316 e.